The van der Waals surface area contributed by atoms with E-state index < -0.39 is 0 Å². The summed E-state index contributed by atoms with van der Waals surface area (Å²) in [5, 5.41) is 3.13. The minimum atomic E-state index is 0.000338. The highest BCUT2D eigenvalue weighted by molar-refractivity contribution is 5.79. The monoisotopic (exact) mass is 332 g/mol. The highest BCUT2D eigenvalue weighted by Gasteiger charge is 2.26. The van der Waals surface area contributed by atoms with Crippen LogP contribution in [0, 0.1) is 11.8 Å². The number of amides is 1. The highest BCUT2D eigenvalue weighted by Crippen LogP contribution is 2.25. The van der Waals surface area contributed by atoms with Crippen molar-refractivity contribution in [3.63, 3.8) is 0 Å². The van der Waals surface area contributed by atoms with E-state index in [1.807, 2.05) is 31.2 Å². The fourth-order valence-corrected chi connectivity index (χ4v) is 3.15. The van der Waals surface area contributed by atoms with Gasteiger partial charge in [-0.05, 0) is 56.2 Å². The van der Waals surface area contributed by atoms with Crippen molar-refractivity contribution >= 4 is 5.91 Å². The minimum absolute atomic E-state index is 0.000338. The first-order chi connectivity index (χ1) is 11.5. The summed E-state index contributed by atoms with van der Waals surface area (Å²) in [6, 6.07) is 8.20. The van der Waals surface area contributed by atoms with E-state index in [0.717, 1.165) is 50.0 Å². The lowest BCUT2D eigenvalue weighted by molar-refractivity contribution is -0.126. The molecule has 1 saturated carbocycles. The molecular formula is C20H32N2O2. The van der Waals surface area contributed by atoms with Crippen molar-refractivity contribution in [2.45, 2.75) is 65.0 Å². The quantitative estimate of drug-likeness (QED) is 0.798. The lowest BCUT2D eigenvalue weighted by Gasteiger charge is -2.27. The first-order valence-electron chi connectivity index (χ1n) is 9.24. The Kier molecular flexibility index (Phi) is 7.10. The number of nitrogens with one attached hydrogen (secondary N) is 1. The summed E-state index contributed by atoms with van der Waals surface area (Å²) < 4.78 is 5.74. The molecule has 0 aromatic heterocycles. The van der Waals surface area contributed by atoms with Crippen molar-refractivity contribution in [2.75, 3.05) is 6.61 Å². The Hall–Kier alpha value is -1.55. The minimum Gasteiger partial charge on any atom is -0.494 e. The number of ether oxygens (including phenoxy) is 1. The third-order valence-corrected chi connectivity index (χ3v) is 4.79. The molecule has 0 bridgehead atoms. The number of carbonyl (C=O) groups is 1. The molecule has 1 amide bonds. The van der Waals surface area contributed by atoms with E-state index in [4.69, 9.17) is 10.5 Å². The van der Waals surface area contributed by atoms with E-state index in [2.05, 4.69) is 19.2 Å². The molecule has 0 radical (unpaired) electrons. The molecule has 1 fully saturated rings. The van der Waals surface area contributed by atoms with Gasteiger partial charge in [0.25, 0.3) is 0 Å². The topological polar surface area (TPSA) is 64.3 Å². The summed E-state index contributed by atoms with van der Waals surface area (Å²) >= 11 is 0. The van der Waals surface area contributed by atoms with Crippen molar-refractivity contribution in [1.29, 1.82) is 0 Å². The molecular weight excluding hydrogens is 300 g/mol. The predicted molar refractivity (Wildman–Crippen MR) is 97.9 cm³/mol. The highest BCUT2D eigenvalue weighted by atomic mass is 16.5. The first kappa shape index (κ1) is 18.8. The molecule has 3 atom stereocenters. The molecule has 3 unspecified atom stereocenters. The van der Waals surface area contributed by atoms with E-state index in [1.54, 1.807) is 0 Å². The lowest BCUT2D eigenvalue weighted by Crippen LogP contribution is -2.38. The summed E-state index contributed by atoms with van der Waals surface area (Å²) in [4.78, 5) is 12.4. The van der Waals surface area contributed by atoms with Gasteiger partial charge >= 0.3 is 0 Å². The largest absolute Gasteiger partial charge is 0.494 e. The predicted octanol–water partition coefficient (Wildman–Crippen LogP) is 3.81. The van der Waals surface area contributed by atoms with Gasteiger partial charge in [-0.15, -0.1) is 0 Å². The maximum atomic E-state index is 12.4. The smallest absolute Gasteiger partial charge is 0.223 e. The van der Waals surface area contributed by atoms with E-state index in [9.17, 15) is 4.79 Å². The van der Waals surface area contributed by atoms with Crippen molar-refractivity contribution in [2.24, 2.45) is 17.6 Å². The fraction of sp³-hybridized carbons (Fsp3) is 0.650. The van der Waals surface area contributed by atoms with Crippen LogP contribution in [-0.4, -0.2) is 18.6 Å². The normalized spacial score (nSPS) is 22.2. The number of hydrogen-bond acceptors (Lipinski definition) is 3. The Morgan fingerprint density at radius 3 is 2.58 bits per heavy atom. The van der Waals surface area contributed by atoms with Gasteiger partial charge in [0.15, 0.2) is 0 Å². The van der Waals surface area contributed by atoms with Gasteiger partial charge in [-0.2, -0.15) is 0 Å². The van der Waals surface area contributed by atoms with Gasteiger partial charge in [0, 0.05) is 12.0 Å². The van der Waals surface area contributed by atoms with Gasteiger partial charge in [-0.3, -0.25) is 4.79 Å². The molecule has 4 nitrogen and oxygen atoms in total. The van der Waals surface area contributed by atoms with Gasteiger partial charge < -0.3 is 15.8 Å². The Bertz CT molecular complexity index is 513. The Balaban J connectivity index is 1.83. The molecule has 2 rings (SSSR count). The van der Waals surface area contributed by atoms with Gasteiger partial charge in [-0.1, -0.05) is 32.4 Å². The molecule has 24 heavy (non-hydrogen) atoms. The molecule has 0 aliphatic heterocycles. The van der Waals surface area contributed by atoms with Crippen LogP contribution >= 0.6 is 0 Å². The average Bonchev–Trinajstić information content (AvgIpc) is 2.55. The van der Waals surface area contributed by atoms with Crippen LogP contribution in [0.1, 0.15) is 64.5 Å². The van der Waals surface area contributed by atoms with Gasteiger partial charge in [-0.25, -0.2) is 0 Å². The summed E-state index contributed by atoms with van der Waals surface area (Å²) in [6.45, 7) is 7.15. The van der Waals surface area contributed by atoms with Gasteiger partial charge in [0.05, 0.1) is 12.6 Å². The zero-order valence-corrected chi connectivity index (χ0v) is 15.3. The Morgan fingerprint density at radius 2 is 1.96 bits per heavy atom. The molecule has 0 spiro atoms. The summed E-state index contributed by atoms with van der Waals surface area (Å²) in [5.41, 5.74) is 7.08. The zero-order chi connectivity index (χ0) is 17.5. The lowest BCUT2D eigenvalue weighted by atomic mass is 9.85. The molecule has 0 saturated heterocycles. The number of benzene rings is 1. The van der Waals surface area contributed by atoms with Crippen LogP contribution in [0.15, 0.2) is 24.3 Å². The van der Waals surface area contributed by atoms with E-state index in [-0.39, 0.29) is 23.9 Å². The Labute approximate surface area is 146 Å². The van der Waals surface area contributed by atoms with Crippen LogP contribution in [0.3, 0.4) is 0 Å². The van der Waals surface area contributed by atoms with Crippen molar-refractivity contribution < 1.29 is 9.53 Å². The van der Waals surface area contributed by atoms with Crippen LogP contribution in [0.2, 0.25) is 0 Å². The van der Waals surface area contributed by atoms with E-state index in [0.29, 0.717) is 5.92 Å². The SMILES string of the molecule is CC(C)CCOc1ccc(C(C)NC(=O)C2CCCC(N)C2)cc1. The number of carbonyl (C=O) groups excluding carboxylic acids is 1. The van der Waals surface area contributed by atoms with Gasteiger partial charge in [0.1, 0.15) is 5.75 Å². The Morgan fingerprint density at radius 1 is 1.25 bits per heavy atom. The second-order valence-electron chi connectivity index (χ2n) is 7.45. The third kappa shape index (κ3) is 5.82. The molecule has 1 aliphatic carbocycles. The van der Waals surface area contributed by atoms with Gasteiger partial charge in [0.2, 0.25) is 5.91 Å². The van der Waals surface area contributed by atoms with Crippen molar-refractivity contribution in [1.82, 2.24) is 5.32 Å². The maximum absolute atomic E-state index is 12.4. The molecule has 1 aromatic rings. The summed E-state index contributed by atoms with van der Waals surface area (Å²) in [5.74, 6) is 1.73. The first-order valence-corrected chi connectivity index (χ1v) is 9.24. The number of nitrogens with two attached hydrogens (primary N) is 1. The van der Waals surface area contributed by atoms with Crippen molar-refractivity contribution in [3.8, 4) is 5.75 Å². The van der Waals surface area contributed by atoms with Crippen LogP contribution in [0.4, 0.5) is 0 Å². The molecule has 134 valence electrons. The molecule has 0 heterocycles. The number of rotatable bonds is 7. The summed E-state index contributed by atoms with van der Waals surface area (Å²) in [6.07, 6.45) is 4.90. The standard InChI is InChI=1S/C20H32N2O2/c1-14(2)11-12-24-19-9-7-16(8-10-19)15(3)22-20(23)17-5-4-6-18(21)13-17/h7-10,14-15,17-18H,4-6,11-13,21H2,1-3H3,(H,22,23). The number of hydrogen-bond donors (Lipinski definition) is 2. The van der Waals surface area contributed by atoms with Crippen LogP contribution in [-0.2, 0) is 4.79 Å². The molecule has 4 heteroatoms. The van der Waals surface area contributed by atoms with E-state index in [1.165, 1.54) is 0 Å². The van der Waals surface area contributed by atoms with Crippen molar-refractivity contribution in [3.05, 3.63) is 29.8 Å². The van der Waals surface area contributed by atoms with Crippen LogP contribution in [0.25, 0.3) is 0 Å². The van der Waals surface area contributed by atoms with Crippen LogP contribution in [0.5, 0.6) is 5.75 Å². The third-order valence-electron chi connectivity index (χ3n) is 4.79. The second kappa shape index (κ2) is 9.07. The fourth-order valence-electron chi connectivity index (χ4n) is 3.15. The zero-order valence-electron chi connectivity index (χ0n) is 15.3. The summed E-state index contributed by atoms with van der Waals surface area (Å²) in [7, 11) is 0. The molecule has 1 aliphatic rings. The van der Waals surface area contributed by atoms with Crippen LogP contribution < -0.4 is 15.8 Å². The second-order valence-corrected chi connectivity index (χ2v) is 7.45. The molecule has 1 aromatic carbocycles. The van der Waals surface area contributed by atoms with E-state index >= 15 is 0 Å². The maximum Gasteiger partial charge on any atom is 0.223 e. The average molecular weight is 332 g/mol. The molecule has 3 N–H and O–H groups in total.